The minimum absolute atomic E-state index is 0.000866. The number of rotatable bonds is 7. The molecule has 3 aliphatic rings. The number of likely N-dealkylation sites (tertiary alicyclic amines) is 1. The number of aliphatic hydroxyl groups excluding tert-OH is 1. The summed E-state index contributed by atoms with van der Waals surface area (Å²) in [6.07, 6.45) is 13.4. The number of cyclic esters (lactones) is 1. The third-order valence-corrected chi connectivity index (χ3v) is 8.75. The fourth-order valence-electron chi connectivity index (χ4n) is 6.02. The van der Waals surface area contributed by atoms with Gasteiger partial charge in [-0.15, -0.1) is 0 Å². The number of esters is 1. The number of hydrogen-bond acceptors (Lipinski definition) is 8. The third-order valence-electron chi connectivity index (χ3n) is 8.75. The molecule has 2 fully saturated rings. The summed E-state index contributed by atoms with van der Waals surface area (Å²) in [6, 6.07) is -0.248. The van der Waals surface area contributed by atoms with E-state index in [1.165, 1.54) is 0 Å². The van der Waals surface area contributed by atoms with Crippen molar-refractivity contribution in [2.45, 2.75) is 90.0 Å². The minimum Gasteiger partial charge on any atom is -0.457 e. The minimum atomic E-state index is -0.883. The molecule has 0 aromatic rings. The van der Waals surface area contributed by atoms with Crippen molar-refractivity contribution < 1.29 is 29.3 Å². The van der Waals surface area contributed by atoms with E-state index in [2.05, 4.69) is 35.9 Å². The SMILES string of the molecule is C/C(=C\C=C\[C@@H](C)COC(=O)N1CCC[C@@H]1CO)[C@H]1OC(=O)CCCC[C@](C)(O)[C@@H](N2CCN(C)CC2)/C=C/[C@@H]1C. The number of nitrogens with zero attached hydrogens (tertiary/aromatic N) is 3. The van der Waals surface area contributed by atoms with Crippen LogP contribution in [0.5, 0.6) is 0 Å². The normalized spacial score (nSPS) is 33.2. The van der Waals surface area contributed by atoms with E-state index in [1.54, 1.807) is 4.90 Å². The average Bonchev–Trinajstić information content (AvgIpc) is 3.42. The number of likely N-dealkylation sites (N-methyl/N-ethyl adjacent to an activating group) is 1. The average molecular weight is 576 g/mol. The van der Waals surface area contributed by atoms with Gasteiger partial charge in [0.2, 0.25) is 0 Å². The summed E-state index contributed by atoms with van der Waals surface area (Å²) in [5.74, 6) is -0.292. The Bertz CT molecular complexity index is 940. The molecule has 2 saturated heterocycles. The first-order valence-electron chi connectivity index (χ1n) is 15.4. The highest BCUT2D eigenvalue weighted by molar-refractivity contribution is 5.70. The van der Waals surface area contributed by atoms with Crippen LogP contribution in [0.4, 0.5) is 4.79 Å². The number of ether oxygens (including phenoxy) is 2. The van der Waals surface area contributed by atoms with E-state index in [1.807, 2.05) is 39.0 Å². The summed E-state index contributed by atoms with van der Waals surface area (Å²) in [5.41, 5.74) is 0.0462. The van der Waals surface area contributed by atoms with Crippen molar-refractivity contribution in [3.8, 4) is 0 Å². The van der Waals surface area contributed by atoms with Crippen LogP contribution >= 0.6 is 0 Å². The zero-order valence-electron chi connectivity index (χ0n) is 25.8. The molecule has 1 amide bonds. The predicted molar refractivity (Wildman–Crippen MR) is 160 cm³/mol. The molecule has 6 atom stereocenters. The molecular formula is C32H53N3O6. The lowest BCUT2D eigenvalue weighted by Gasteiger charge is -2.43. The zero-order chi connectivity index (χ0) is 30.0. The molecule has 3 rings (SSSR count). The monoisotopic (exact) mass is 575 g/mol. The molecule has 9 nitrogen and oxygen atoms in total. The molecule has 232 valence electrons. The van der Waals surface area contributed by atoms with E-state index in [0.717, 1.165) is 51.0 Å². The van der Waals surface area contributed by atoms with Crippen LogP contribution in [-0.2, 0) is 14.3 Å². The summed E-state index contributed by atoms with van der Waals surface area (Å²) in [6.45, 7) is 12.5. The van der Waals surface area contributed by atoms with Gasteiger partial charge in [-0.1, -0.05) is 44.2 Å². The van der Waals surface area contributed by atoms with Crippen LogP contribution in [0.1, 0.15) is 66.2 Å². The Morgan fingerprint density at radius 3 is 2.63 bits per heavy atom. The molecule has 3 heterocycles. The van der Waals surface area contributed by atoms with E-state index in [0.29, 0.717) is 25.8 Å². The first-order chi connectivity index (χ1) is 19.5. The molecule has 0 aliphatic carbocycles. The Morgan fingerprint density at radius 2 is 1.93 bits per heavy atom. The van der Waals surface area contributed by atoms with Crippen molar-refractivity contribution >= 4 is 12.1 Å². The molecule has 0 unspecified atom stereocenters. The highest BCUT2D eigenvalue weighted by atomic mass is 16.6. The molecule has 2 N–H and O–H groups in total. The molecule has 0 aromatic carbocycles. The second-order valence-corrected chi connectivity index (χ2v) is 12.5. The first kappa shape index (κ1) is 33.3. The van der Waals surface area contributed by atoms with Gasteiger partial charge in [0.1, 0.15) is 6.10 Å². The number of carbonyl (C=O) groups excluding carboxylic acids is 2. The summed E-state index contributed by atoms with van der Waals surface area (Å²) in [5, 5.41) is 21.0. The van der Waals surface area contributed by atoms with Gasteiger partial charge in [0.25, 0.3) is 0 Å². The van der Waals surface area contributed by atoms with E-state index < -0.39 is 11.7 Å². The van der Waals surface area contributed by atoms with E-state index >= 15 is 0 Å². The summed E-state index contributed by atoms with van der Waals surface area (Å²) < 4.78 is 11.5. The largest absolute Gasteiger partial charge is 0.457 e. The molecule has 0 bridgehead atoms. The fourth-order valence-corrected chi connectivity index (χ4v) is 6.02. The lowest BCUT2D eigenvalue weighted by Crippen LogP contribution is -2.56. The lowest BCUT2D eigenvalue weighted by molar-refractivity contribution is -0.149. The van der Waals surface area contributed by atoms with Gasteiger partial charge in [0, 0.05) is 51.0 Å². The number of allylic oxidation sites excluding steroid dienone is 2. The maximum atomic E-state index is 12.7. The quantitative estimate of drug-likeness (QED) is 0.269. The number of piperazine rings is 1. The van der Waals surface area contributed by atoms with Gasteiger partial charge in [0.15, 0.2) is 0 Å². The fraction of sp³-hybridized carbons (Fsp3) is 0.750. The van der Waals surface area contributed by atoms with Crippen molar-refractivity contribution in [2.75, 3.05) is 53.0 Å². The zero-order valence-corrected chi connectivity index (χ0v) is 25.8. The second kappa shape index (κ2) is 15.9. The molecule has 0 aromatic heterocycles. The smallest absolute Gasteiger partial charge is 0.410 e. The Hall–Kier alpha value is -2.20. The third kappa shape index (κ3) is 9.94. The van der Waals surface area contributed by atoms with Crippen LogP contribution in [0.25, 0.3) is 0 Å². The Kier molecular flexibility index (Phi) is 12.9. The van der Waals surface area contributed by atoms with E-state index in [9.17, 15) is 19.8 Å². The molecule has 9 heteroatoms. The maximum Gasteiger partial charge on any atom is 0.410 e. The topological polar surface area (TPSA) is 103 Å². The van der Waals surface area contributed by atoms with Gasteiger partial charge < -0.3 is 29.5 Å². The van der Waals surface area contributed by atoms with Gasteiger partial charge in [-0.2, -0.15) is 0 Å². The maximum absolute atomic E-state index is 12.7. The predicted octanol–water partition coefficient (Wildman–Crippen LogP) is 3.76. The Labute approximate surface area is 246 Å². The van der Waals surface area contributed by atoms with E-state index in [4.69, 9.17) is 9.47 Å². The van der Waals surface area contributed by atoms with Crippen molar-refractivity contribution in [3.63, 3.8) is 0 Å². The second-order valence-electron chi connectivity index (χ2n) is 12.5. The van der Waals surface area contributed by atoms with Gasteiger partial charge >= 0.3 is 12.1 Å². The number of hydrogen-bond donors (Lipinski definition) is 2. The molecule has 0 radical (unpaired) electrons. The Morgan fingerprint density at radius 1 is 1.20 bits per heavy atom. The number of aliphatic hydroxyl groups is 2. The van der Waals surface area contributed by atoms with Gasteiger partial charge in [-0.05, 0) is 58.6 Å². The molecule has 0 spiro atoms. The molecule has 3 aliphatic heterocycles. The van der Waals surface area contributed by atoms with E-state index in [-0.39, 0.29) is 49.2 Å². The van der Waals surface area contributed by atoms with Crippen LogP contribution in [0, 0.1) is 11.8 Å². The summed E-state index contributed by atoms with van der Waals surface area (Å²) in [4.78, 5) is 31.4. The highest BCUT2D eigenvalue weighted by Gasteiger charge is 2.36. The van der Waals surface area contributed by atoms with Crippen molar-refractivity contribution in [1.82, 2.24) is 14.7 Å². The molecular weight excluding hydrogens is 522 g/mol. The summed E-state index contributed by atoms with van der Waals surface area (Å²) >= 11 is 0. The van der Waals surface area contributed by atoms with Gasteiger partial charge in [0.05, 0.1) is 30.9 Å². The summed E-state index contributed by atoms with van der Waals surface area (Å²) in [7, 11) is 2.13. The van der Waals surface area contributed by atoms with Crippen LogP contribution in [-0.4, -0.2) is 114 Å². The van der Waals surface area contributed by atoms with Crippen molar-refractivity contribution in [1.29, 1.82) is 0 Å². The van der Waals surface area contributed by atoms with Crippen molar-refractivity contribution in [3.05, 3.63) is 36.0 Å². The van der Waals surface area contributed by atoms with Crippen LogP contribution in [0.2, 0.25) is 0 Å². The van der Waals surface area contributed by atoms with Crippen LogP contribution in [0.15, 0.2) is 36.0 Å². The Balaban J connectivity index is 1.67. The lowest BCUT2D eigenvalue weighted by atomic mass is 9.86. The van der Waals surface area contributed by atoms with Gasteiger partial charge in [-0.25, -0.2) is 4.79 Å². The highest BCUT2D eigenvalue weighted by Crippen LogP contribution is 2.28. The first-order valence-corrected chi connectivity index (χ1v) is 15.4. The number of amides is 1. The van der Waals surface area contributed by atoms with Crippen LogP contribution < -0.4 is 0 Å². The van der Waals surface area contributed by atoms with Gasteiger partial charge in [-0.3, -0.25) is 9.69 Å². The van der Waals surface area contributed by atoms with Crippen molar-refractivity contribution in [2.24, 2.45) is 11.8 Å². The molecule has 0 saturated carbocycles. The number of carbonyl (C=O) groups is 2. The molecule has 41 heavy (non-hydrogen) atoms. The standard InChI is InChI=1S/C32H53N3O6/c1-24(23-40-31(38)35-17-9-12-27(35)22-36)10-8-11-25(2)30-26(3)14-15-28(34-20-18-33(5)19-21-34)32(4,39)16-7-6-13-29(37)41-30/h8,10-11,14-15,24,26-28,30,36,39H,6-7,9,12-13,16-23H2,1-5H3/b10-8+,15-14+,25-11+/t24-,26+,27-,28+,30-,32+/m1/s1. The van der Waals surface area contributed by atoms with Crippen LogP contribution in [0.3, 0.4) is 0 Å².